The molecule has 1 aliphatic carbocycles. The van der Waals surface area contributed by atoms with Crippen molar-refractivity contribution in [3.8, 4) is 11.5 Å². The first-order valence-corrected chi connectivity index (χ1v) is 11.0. The average Bonchev–Trinajstić information content (AvgIpc) is 3.28. The Morgan fingerprint density at radius 2 is 1.83 bits per heavy atom. The molecule has 1 aromatic heterocycles. The Kier molecular flexibility index (Phi) is 5.26. The molecular weight excluding hydrogens is 374 g/mol. The summed E-state index contributed by atoms with van der Waals surface area (Å²) in [5.74, 6) is 1.92. The van der Waals surface area contributed by atoms with Crippen LogP contribution in [-0.2, 0) is 12.8 Å². The van der Waals surface area contributed by atoms with Gasteiger partial charge in [0.2, 0.25) is 0 Å². The molecule has 0 spiro atoms. The smallest absolute Gasteiger partial charge is 0.124 e. The Morgan fingerprint density at radius 3 is 2.60 bits per heavy atom. The third kappa shape index (κ3) is 4.24. The van der Waals surface area contributed by atoms with Crippen molar-refractivity contribution in [2.75, 3.05) is 0 Å². The topological polar surface area (TPSA) is 57.6 Å². The maximum absolute atomic E-state index is 6.64. The summed E-state index contributed by atoms with van der Waals surface area (Å²) >= 11 is 0. The number of nitrogens with two attached hydrogens (primary N) is 1. The highest BCUT2D eigenvalue weighted by atomic mass is 16.5. The minimum atomic E-state index is -0.153. The van der Waals surface area contributed by atoms with Gasteiger partial charge in [-0.2, -0.15) is 0 Å². The molecule has 2 aromatic carbocycles. The summed E-state index contributed by atoms with van der Waals surface area (Å²) in [6.07, 6.45) is 10.7. The second-order valence-corrected chi connectivity index (χ2v) is 8.81. The van der Waals surface area contributed by atoms with Gasteiger partial charge >= 0.3 is 0 Å². The van der Waals surface area contributed by atoms with E-state index < -0.39 is 0 Å². The molecular formula is C26H29NO3. The van der Waals surface area contributed by atoms with E-state index in [9.17, 15) is 0 Å². The summed E-state index contributed by atoms with van der Waals surface area (Å²) in [6, 6.07) is 18.7. The van der Waals surface area contributed by atoms with Crippen molar-refractivity contribution in [2.45, 2.75) is 62.7 Å². The number of benzene rings is 2. The van der Waals surface area contributed by atoms with E-state index in [-0.39, 0.29) is 17.7 Å². The van der Waals surface area contributed by atoms with E-state index in [0.29, 0.717) is 0 Å². The van der Waals surface area contributed by atoms with E-state index in [2.05, 4.69) is 36.4 Å². The zero-order valence-corrected chi connectivity index (χ0v) is 17.3. The van der Waals surface area contributed by atoms with Crippen LogP contribution in [0.2, 0.25) is 0 Å². The lowest BCUT2D eigenvalue weighted by atomic mass is 9.77. The van der Waals surface area contributed by atoms with Gasteiger partial charge in [0.25, 0.3) is 0 Å². The van der Waals surface area contributed by atoms with Gasteiger partial charge in [0, 0.05) is 5.54 Å². The molecule has 4 heteroatoms. The zero-order valence-electron chi connectivity index (χ0n) is 17.3. The van der Waals surface area contributed by atoms with Crippen LogP contribution >= 0.6 is 0 Å². The minimum Gasteiger partial charge on any atom is -0.490 e. The summed E-state index contributed by atoms with van der Waals surface area (Å²) in [5.41, 5.74) is 10.2. The third-order valence-electron chi connectivity index (χ3n) is 6.52. The number of rotatable bonds is 5. The molecule has 3 aromatic rings. The van der Waals surface area contributed by atoms with Crippen LogP contribution in [0, 0.1) is 0 Å². The Bertz CT molecular complexity index is 959. The normalized spacial score (nSPS) is 25.9. The molecule has 1 aliphatic heterocycles. The summed E-state index contributed by atoms with van der Waals surface area (Å²) in [4.78, 5) is 0. The van der Waals surface area contributed by atoms with E-state index >= 15 is 0 Å². The maximum Gasteiger partial charge on any atom is 0.124 e. The summed E-state index contributed by atoms with van der Waals surface area (Å²) in [6.45, 7) is 0. The average molecular weight is 404 g/mol. The van der Waals surface area contributed by atoms with E-state index in [1.165, 1.54) is 16.7 Å². The Morgan fingerprint density at radius 1 is 1.00 bits per heavy atom. The molecule has 156 valence electrons. The molecule has 0 amide bonds. The Balaban J connectivity index is 1.18. The van der Waals surface area contributed by atoms with Crippen LogP contribution in [0.15, 0.2) is 71.5 Å². The van der Waals surface area contributed by atoms with Gasteiger partial charge in [0.1, 0.15) is 17.6 Å². The van der Waals surface area contributed by atoms with Crippen LogP contribution in [0.1, 0.15) is 54.9 Å². The SMILES string of the molecule is NC1(Cc2ccoc2)CCC(Oc2ccc3c(c2)CCC(c2ccccc2)O3)CC1. The first kappa shape index (κ1) is 19.3. The molecule has 4 nitrogen and oxygen atoms in total. The molecule has 2 aliphatic rings. The lowest BCUT2D eigenvalue weighted by Gasteiger charge is -2.37. The van der Waals surface area contributed by atoms with Crippen molar-refractivity contribution < 1.29 is 13.9 Å². The number of ether oxygens (including phenoxy) is 2. The van der Waals surface area contributed by atoms with Gasteiger partial charge in [-0.25, -0.2) is 0 Å². The van der Waals surface area contributed by atoms with Crippen molar-refractivity contribution in [1.82, 2.24) is 0 Å². The number of hydrogen-bond acceptors (Lipinski definition) is 4. The van der Waals surface area contributed by atoms with E-state index in [1.807, 2.05) is 18.2 Å². The molecule has 0 radical (unpaired) electrons. The van der Waals surface area contributed by atoms with Crippen LogP contribution in [-0.4, -0.2) is 11.6 Å². The lowest BCUT2D eigenvalue weighted by molar-refractivity contribution is 0.117. The van der Waals surface area contributed by atoms with Gasteiger partial charge < -0.3 is 19.6 Å². The van der Waals surface area contributed by atoms with Crippen LogP contribution in [0.3, 0.4) is 0 Å². The van der Waals surface area contributed by atoms with Gasteiger partial charge in [-0.3, -0.25) is 0 Å². The lowest BCUT2D eigenvalue weighted by Crippen LogP contribution is -2.47. The maximum atomic E-state index is 6.64. The van der Waals surface area contributed by atoms with Crippen LogP contribution in [0.5, 0.6) is 11.5 Å². The second-order valence-electron chi connectivity index (χ2n) is 8.81. The zero-order chi connectivity index (χ0) is 20.4. The van der Waals surface area contributed by atoms with Crippen molar-refractivity contribution >= 4 is 0 Å². The first-order chi connectivity index (χ1) is 14.7. The fraction of sp³-hybridized carbons (Fsp3) is 0.385. The molecule has 1 unspecified atom stereocenters. The number of fused-ring (bicyclic) bond motifs is 1. The van der Waals surface area contributed by atoms with E-state index in [0.717, 1.165) is 56.4 Å². The van der Waals surface area contributed by atoms with Gasteiger partial charge in [0.05, 0.1) is 18.6 Å². The largest absolute Gasteiger partial charge is 0.490 e. The van der Waals surface area contributed by atoms with Gasteiger partial charge in [-0.05, 0) is 85.9 Å². The fourth-order valence-corrected chi connectivity index (χ4v) is 4.79. The molecule has 0 saturated heterocycles. The van der Waals surface area contributed by atoms with Crippen molar-refractivity contribution in [3.63, 3.8) is 0 Å². The number of aryl methyl sites for hydroxylation is 1. The van der Waals surface area contributed by atoms with Crippen molar-refractivity contribution in [2.24, 2.45) is 5.73 Å². The fourth-order valence-electron chi connectivity index (χ4n) is 4.79. The Labute approximate surface area is 178 Å². The summed E-state index contributed by atoms with van der Waals surface area (Å²) in [5, 5.41) is 0. The summed E-state index contributed by atoms with van der Waals surface area (Å²) in [7, 11) is 0. The molecule has 30 heavy (non-hydrogen) atoms. The van der Waals surface area contributed by atoms with E-state index in [4.69, 9.17) is 19.6 Å². The summed E-state index contributed by atoms with van der Waals surface area (Å²) < 4.78 is 17.8. The molecule has 2 heterocycles. The molecule has 2 N–H and O–H groups in total. The highest BCUT2D eigenvalue weighted by Crippen LogP contribution is 2.38. The standard InChI is InChI=1S/C26H29NO3/c27-26(17-19-12-15-28-18-19)13-10-22(11-14-26)29-23-7-9-25-21(16-23)6-8-24(30-25)20-4-2-1-3-5-20/h1-5,7,9,12,15-16,18,22,24H,6,8,10-11,13-14,17,27H2. The molecule has 1 saturated carbocycles. The van der Waals surface area contributed by atoms with Gasteiger partial charge in [-0.15, -0.1) is 0 Å². The minimum absolute atomic E-state index is 0.136. The highest BCUT2D eigenvalue weighted by molar-refractivity contribution is 5.42. The predicted octanol–water partition coefficient (Wildman–Crippen LogP) is 5.61. The van der Waals surface area contributed by atoms with E-state index in [1.54, 1.807) is 12.5 Å². The Hall–Kier alpha value is -2.72. The first-order valence-electron chi connectivity index (χ1n) is 11.0. The van der Waals surface area contributed by atoms with Gasteiger partial charge in [0.15, 0.2) is 0 Å². The van der Waals surface area contributed by atoms with Crippen molar-refractivity contribution in [3.05, 3.63) is 83.8 Å². The predicted molar refractivity (Wildman–Crippen MR) is 117 cm³/mol. The van der Waals surface area contributed by atoms with Crippen LogP contribution in [0.4, 0.5) is 0 Å². The molecule has 1 fully saturated rings. The van der Waals surface area contributed by atoms with Crippen molar-refractivity contribution in [1.29, 1.82) is 0 Å². The third-order valence-corrected chi connectivity index (χ3v) is 6.52. The second kappa shape index (κ2) is 8.19. The molecule has 1 atom stereocenters. The monoisotopic (exact) mass is 403 g/mol. The van der Waals surface area contributed by atoms with Crippen LogP contribution in [0.25, 0.3) is 0 Å². The quantitative estimate of drug-likeness (QED) is 0.602. The molecule has 0 bridgehead atoms. The highest BCUT2D eigenvalue weighted by Gasteiger charge is 2.33. The molecule has 5 rings (SSSR count). The number of furan rings is 1. The van der Waals surface area contributed by atoms with Crippen LogP contribution < -0.4 is 15.2 Å². The number of hydrogen-bond donors (Lipinski definition) is 1. The van der Waals surface area contributed by atoms with Gasteiger partial charge in [-0.1, -0.05) is 30.3 Å².